The number of para-hydroxylation sites is 1. The van der Waals surface area contributed by atoms with E-state index in [2.05, 4.69) is 16.6 Å². The van der Waals surface area contributed by atoms with Crippen LogP contribution in [0.1, 0.15) is 18.1 Å². The molecular weight excluding hydrogens is 316 g/mol. The van der Waals surface area contributed by atoms with Gasteiger partial charge in [0.2, 0.25) is 5.91 Å². The zero-order valence-corrected chi connectivity index (χ0v) is 14.0. The minimum Gasteiger partial charge on any atom is -0.322 e. The Morgan fingerprint density at radius 1 is 0.958 bits per heavy atom. The van der Waals surface area contributed by atoms with Crippen LogP contribution in [0.15, 0.2) is 78.0 Å². The van der Waals surface area contributed by atoms with Crippen LogP contribution in [-0.2, 0) is 4.79 Å². The first-order valence-electron chi connectivity index (χ1n) is 7.51. The Bertz CT molecular complexity index is 890. The summed E-state index contributed by atoms with van der Waals surface area (Å²) < 4.78 is 4.79. The van der Waals surface area contributed by atoms with Crippen molar-refractivity contribution in [3.8, 4) is 17.5 Å². The van der Waals surface area contributed by atoms with E-state index in [1.54, 1.807) is 0 Å². The molecule has 0 saturated carbocycles. The molecule has 3 nitrogen and oxygen atoms in total. The molecule has 2 aromatic carbocycles. The van der Waals surface area contributed by atoms with Crippen LogP contribution in [0, 0.1) is 11.8 Å². The van der Waals surface area contributed by atoms with Gasteiger partial charge in [-0.25, -0.2) is 0 Å². The molecule has 1 aromatic heterocycles. The van der Waals surface area contributed by atoms with Gasteiger partial charge in [0.15, 0.2) is 0 Å². The highest BCUT2D eigenvalue weighted by atomic mass is 32.2. The van der Waals surface area contributed by atoms with Gasteiger partial charge in [0, 0.05) is 24.9 Å². The van der Waals surface area contributed by atoms with Crippen LogP contribution in [0.2, 0.25) is 0 Å². The zero-order chi connectivity index (χ0) is 16.8. The molecule has 1 heterocycles. The second-order valence-electron chi connectivity index (χ2n) is 5.12. The van der Waals surface area contributed by atoms with Crippen molar-refractivity contribution in [1.29, 1.82) is 0 Å². The summed E-state index contributed by atoms with van der Waals surface area (Å²) >= 11 is 1.30. The van der Waals surface area contributed by atoms with E-state index in [0.29, 0.717) is 0 Å². The molecule has 0 aliphatic heterocycles. The molecule has 0 radical (unpaired) electrons. The minimum atomic E-state index is -0.0840. The highest BCUT2D eigenvalue weighted by Gasteiger charge is 2.10. The van der Waals surface area contributed by atoms with Crippen molar-refractivity contribution >= 4 is 17.9 Å². The number of carbonyl (C=O) groups is 1. The van der Waals surface area contributed by atoms with Crippen molar-refractivity contribution in [3.63, 3.8) is 0 Å². The summed E-state index contributed by atoms with van der Waals surface area (Å²) in [6.45, 7) is 1.50. The normalized spacial score (nSPS) is 9.88. The lowest BCUT2D eigenvalue weighted by atomic mass is 10.1. The average Bonchev–Trinajstić information content (AvgIpc) is 3.13. The van der Waals surface area contributed by atoms with E-state index in [1.165, 1.54) is 18.9 Å². The first-order chi connectivity index (χ1) is 11.7. The number of nitrogens with zero attached hydrogens (tertiary/aromatic N) is 1. The van der Waals surface area contributed by atoms with Crippen LogP contribution in [0.3, 0.4) is 0 Å². The molecule has 0 bridgehead atoms. The molecule has 1 N–H and O–H groups in total. The fraction of sp³-hybridized carbons (Fsp3) is 0.0500. The quantitative estimate of drug-likeness (QED) is 0.580. The Labute approximate surface area is 145 Å². The van der Waals surface area contributed by atoms with Gasteiger partial charge in [-0.1, -0.05) is 36.1 Å². The third kappa shape index (κ3) is 3.89. The van der Waals surface area contributed by atoms with Gasteiger partial charge in [0.25, 0.3) is 0 Å². The van der Waals surface area contributed by atoms with Gasteiger partial charge >= 0.3 is 0 Å². The van der Waals surface area contributed by atoms with Gasteiger partial charge in [-0.15, -0.1) is 0 Å². The summed E-state index contributed by atoms with van der Waals surface area (Å²) in [4.78, 5) is 12.2. The monoisotopic (exact) mass is 332 g/mol. The topological polar surface area (TPSA) is 34.0 Å². The fourth-order valence-corrected chi connectivity index (χ4v) is 2.96. The van der Waals surface area contributed by atoms with Crippen LogP contribution < -0.4 is 4.72 Å². The van der Waals surface area contributed by atoms with Crippen molar-refractivity contribution in [2.45, 2.75) is 11.8 Å². The molecule has 3 aromatic rings. The van der Waals surface area contributed by atoms with E-state index in [9.17, 15) is 4.79 Å². The first kappa shape index (κ1) is 16.0. The Morgan fingerprint density at radius 2 is 1.71 bits per heavy atom. The largest absolute Gasteiger partial charge is 0.322 e. The SMILES string of the molecule is CC(=O)NSc1cccc(C#Cc2ccccc2)c1-n1cccc1. The fourth-order valence-electron chi connectivity index (χ4n) is 2.24. The van der Waals surface area contributed by atoms with Gasteiger partial charge < -0.3 is 4.57 Å². The first-order valence-corrected chi connectivity index (χ1v) is 8.32. The number of hydrogen-bond acceptors (Lipinski definition) is 2. The number of hydrogen-bond donors (Lipinski definition) is 1. The minimum absolute atomic E-state index is 0.0840. The average molecular weight is 332 g/mol. The van der Waals surface area contributed by atoms with Crippen molar-refractivity contribution in [1.82, 2.24) is 9.29 Å². The Hall–Kier alpha value is -2.90. The molecule has 0 aliphatic rings. The molecule has 4 heteroatoms. The van der Waals surface area contributed by atoms with Crippen LogP contribution >= 0.6 is 11.9 Å². The predicted octanol–water partition coefficient (Wildman–Crippen LogP) is 4.02. The summed E-state index contributed by atoms with van der Waals surface area (Å²) in [6, 6.07) is 19.7. The predicted molar refractivity (Wildman–Crippen MR) is 97.9 cm³/mol. The maximum absolute atomic E-state index is 11.2. The van der Waals surface area contributed by atoms with Gasteiger partial charge in [-0.3, -0.25) is 9.52 Å². The molecule has 0 saturated heterocycles. The number of amides is 1. The number of nitrogens with one attached hydrogen (secondary N) is 1. The molecule has 0 fully saturated rings. The lowest BCUT2D eigenvalue weighted by Crippen LogP contribution is -2.11. The number of aromatic nitrogens is 1. The second-order valence-corrected chi connectivity index (χ2v) is 5.97. The molecule has 0 aliphatic carbocycles. The van der Waals surface area contributed by atoms with E-state index in [-0.39, 0.29) is 5.91 Å². The standard InChI is InChI=1S/C20H16N2OS/c1-16(23)21-24-19-11-7-10-18(20(19)22-14-5-6-15-22)13-12-17-8-3-2-4-9-17/h2-11,14-15H,1H3,(H,21,23). The van der Waals surface area contributed by atoms with Gasteiger partial charge in [0.1, 0.15) is 0 Å². The Kier molecular flexibility index (Phi) is 5.05. The van der Waals surface area contributed by atoms with Crippen molar-refractivity contribution < 1.29 is 4.79 Å². The number of rotatable bonds is 3. The van der Waals surface area contributed by atoms with E-state index in [1.807, 2.05) is 77.6 Å². The third-order valence-electron chi connectivity index (χ3n) is 3.28. The second kappa shape index (κ2) is 7.58. The summed E-state index contributed by atoms with van der Waals surface area (Å²) in [5.74, 6) is 6.36. The highest BCUT2D eigenvalue weighted by Crippen LogP contribution is 2.27. The smallest absolute Gasteiger partial charge is 0.226 e. The Balaban J connectivity index is 2.04. The van der Waals surface area contributed by atoms with Crippen LogP contribution in [0.5, 0.6) is 0 Å². The van der Waals surface area contributed by atoms with E-state index < -0.39 is 0 Å². The zero-order valence-electron chi connectivity index (χ0n) is 13.2. The van der Waals surface area contributed by atoms with Crippen molar-refractivity contribution in [2.24, 2.45) is 0 Å². The van der Waals surface area contributed by atoms with Crippen molar-refractivity contribution in [3.05, 3.63) is 84.2 Å². The molecule has 118 valence electrons. The summed E-state index contributed by atoms with van der Waals surface area (Å²) in [5, 5.41) is 0. The molecule has 24 heavy (non-hydrogen) atoms. The van der Waals surface area contributed by atoms with Gasteiger partial charge in [-0.2, -0.15) is 0 Å². The maximum Gasteiger partial charge on any atom is 0.226 e. The molecule has 0 unspecified atom stereocenters. The van der Waals surface area contributed by atoms with Crippen LogP contribution in [-0.4, -0.2) is 10.5 Å². The van der Waals surface area contributed by atoms with Crippen LogP contribution in [0.25, 0.3) is 5.69 Å². The molecule has 0 spiro atoms. The molecular formula is C20H16N2OS. The third-order valence-corrected chi connectivity index (χ3v) is 4.22. The molecule has 1 amide bonds. The molecule has 0 atom stereocenters. The van der Waals surface area contributed by atoms with E-state index in [0.717, 1.165) is 21.7 Å². The number of benzene rings is 2. The molecule has 3 rings (SSSR count). The van der Waals surface area contributed by atoms with Crippen molar-refractivity contribution in [2.75, 3.05) is 0 Å². The lowest BCUT2D eigenvalue weighted by Gasteiger charge is -2.12. The van der Waals surface area contributed by atoms with E-state index >= 15 is 0 Å². The van der Waals surface area contributed by atoms with Crippen LogP contribution in [0.4, 0.5) is 0 Å². The van der Waals surface area contributed by atoms with Gasteiger partial charge in [0.05, 0.1) is 16.1 Å². The van der Waals surface area contributed by atoms with E-state index in [4.69, 9.17) is 0 Å². The summed E-state index contributed by atoms with van der Waals surface area (Å²) in [6.07, 6.45) is 3.95. The Morgan fingerprint density at radius 3 is 2.42 bits per heavy atom. The lowest BCUT2D eigenvalue weighted by molar-refractivity contribution is -0.117. The summed E-state index contributed by atoms with van der Waals surface area (Å²) in [7, 11) is 0. The summed E-state index contributed by atoms with van der Waals surface area (Å²) in [5.41, 5.74) is 2.84. The maximum atomic E-state index is 11.2. The highest BCUT2D eigenvalue weighted by molar-refractivity contribution is 7.98. The number of carbonyl (C=O) groups excluding carboxylic acids is 1. The van der Waals surface area contributed by atoms with Gasteiger partial charge in [-0.05, 0) is 48.3 Å².